The summed E-state index contributed by atoms with van der Waals surface area (Å²) in [4.78, 5) is 4.04. The van der Waals surface area contributed by atoms with Crippen LogP contribution in [-0.4, -0.2) is 31.6 Å². The van der Waals surface area contributed by atoms with Crippen molar-refractivity contribution in [1.82, 2.24) is 10.2 Å². The van der Waals surface area contributed by atoms with Crippen molar-refractivity contribution in [3.05, 3.63) is 22.4 Å². The maximum Gasteiger partial charge on any atom is 0.0410 e. The molecule has 0 saturated heterocycles. The Morgan fingerprint density at radius 2 is 2.24 bits per heavy atom. The Bertz CT molecular complexity index is 390. The number of thiophene rings is 1. The minimum atomic E-state index is 0.536. The minimum absolute atomic E-state index is 0.536. The number of rotatable bonds is 7. The standard InChI is InChI=1S/C18H32N2S/c1-5-7-15-9-10-17(19-3)16(12-15)13-20(4)14(2)18-8-6-11-21-18/h6,8,11,14-17,19H,5,7,9-10,12-13H2,1-4H3. The summed E-state index contributed by atoms with van der Waals surface area (Å²) in [7, 11) is 4.43. The average Bonchev–Trinajstić information content (AvgIpc) is 3.01. The molecule has 1 aliphatic rings. The van der Waals surface area contributed by atoms with Crippen LogP contribution in [0.4, 0.5) is 0 Å². The van der Waals surface area contributed by atoms with E-state index in [1.54, 1.807) is 0 Å². The van der Waals surface area contributed by atoms with E-state index >= 15 is 0 Å². The quantitative estimate of drug-likeness (QED) is 0.795. The van der Waals surface area contributed by atoms with Crippen molar-refractivity contribution in [3.63, 3.8) is 0 Å². The molecule has 1 N–H and O–H groups in total. The smallest absolute Gasteiger partial charge is 0.0410 e. The van der Waals surface area contributed by atoms with Crippen LogP contribution >= 0.6 is 11.3 Å². The second-order valence-electron chi connectivity index (χ2n) is 6.75. The van der Waals surface area contributed by atoms with Gasteiger partial charge in [0.05, 0.1) is 0 Å². The third-order valence-electron chi connectivity index (χ3n) is 5.30. The van der Waals surface area contributed by atoms with Gasteiger partial charge in [0.15, 0.2) is 0 Å². The Morgan fingerprint density at radius 1 is 1.43 bits per heavy atom. The van der Waals surface area contributed by atoms with Crippen LogP contribution in [-0.2, 0) is 0 Å². The molecule has 1 fully saturated rings. The fourth-order valence-electron chi connectivity index (χ4n) is 3.89. The lowest BCUT2D eigenvalue weighted by atomic mass is 9.76. The van der Waals surface area contributed by atoms with Gasteiger partial charge in [-0.15, -0.1) is 11.3 Å². The van der Waals surface area contributed by atoms with Crippen molar-refractivity contribution in [1.29, 1.82) is 0 Å². The van der Waals surface area contributed by atoms with Gasteiger partial charge in [-0.1, -0.05) is 25.8 Å². The predicted molar refractivity (Wildman–Crippen MR) is 94.0 cm³/mol. The molecule has 0 amide bonds. The first-order valence-electron chi connectivity index (χ1n) is 8.56. The van der Waals surface area contributed by atoms with Gasteiger partial charge in [-0.2, -0.15) is 0 Å². The third-order valence-corrected chi connectivity index (χ3v) is 6.34. The Morgan fingerprint density at radius 3 is 2.86 bits per heavy atom. The summed E-state index contributed by atoms with van der Waals surface area (Å²) in [6, 6.07) is 5.67. The van der Waals surface area contributed by atoms with E-state index in [0.717, 1.165) is 11.8 Å². The highest BCUT2D eigenvalue weighted by atomic mass is 32.1. The van der Waals surface area contributed by atoms with E-state index in [-0.39, 0.29) is 0 Å². The van der Waals surface area contributed by atoms with Crippen molar-refractivity contribution < 1.29 is 0 Å². The predicted octanol–water partition coefficient (Wildman–Crippen LogP) is 4.55. The van der Waals surface area contributed by atoms with Crippen molar-refractivity contribution in [2.75, 3.05) is 20.6 Å². The molecule has 0 aromatic carbocycles. The molecule has 0 bridgehead atoms. The van der Waals surface area contributed by atoms with E-state index in [4.69, 9.17) is 0 Å². The van der Waals surface area contributed by atoms with Gasteiger partial charge in [0.2, 0.25) is 0 Å². The molecule has 21 heavy (non-hydrogen) atoms. The largest absolute Gasteiger partial charge is 0.317 e. The first kappa shape index (κ1) is 17.0. The lowest BCUT2D eigenvalue weighted by molar-refractivity contribution is 0.135. The summed E-state index contributed by atoms with van der Waals surface area (Å²) in [5, 5.41) is 5.76. The van der Waals surface area contributed by atoms with Gasteiger partial charge in [-0.3, -0.25) is 4.90 Å². The molecule has 0 aliphatic heterocycles. The van der Waals surface area contributed by atoms with Crippen LogP contribution in [0.1, 0.15) is 56.9 Å². The van der Waals surface area contributed by atoms with Crippen molar-refractivity contribution >= 4 is 11.3 Å². The number of hydrogen-bond donors (Lipinski definition) is 1. The van der Waals surface area contributed by atoms with Crippen LogP contribution in [0.5, 0.6) is 0 Å². The lowest BCUT2D eigenvalue weighted by Crippen LogP contribution is -2.44. The monoisotopic (exact) mass is 308 g/mol. The van der Waals surface area contributed by atoms with Crippen LogP contribution in [0.25, 0.3) is 0 Å². The van der Waals surface area contributed by atoms with Crippen LogP contribution < -0.4 is 5.32 Å². The molecule has 1 aromatic heterocycles. The Balaban J connectivity index is 1.94. The molecular weight excluding hydrogens is 276 g/mol. The van der Waals surface area contributed by atoms with Crippen LogP contribution in [0.3, 0.4) is 0 Å². The Labute approximate surface area is 134 Å². The van der Waals surface area contributed by atoms with Gasteiger partial charge in [-0.25, -0.2) is 0 Å². The van der Waals surface area contributed by atoms with E-state index in [1.165, 1.54) is 43.5 Å². The van der Waals surface area contributed by atoms with Crippen LogP contribution in [0.15, 0.2) is 17.5 Å². The molecule has 2 nitrogen and oxygen atoms in total. The molecule has 0 spiro atoms. The topological polar surface area (TPSA) is 15.3 Å². The van der Waals surface area contributed by atoms with Crippen molar-refractivity contribution in [2.45, 2.75) is 58.0 Å². The average molecular weight is 309 g/mol. The van der Waals surface area contributed by atoms with E-state index in [2.05, 4.69) is 55.7 Å². The molecule has 1 saturated carbocycles. The molecule has 2 rings (SSSR count). The van der Waals surface area contributed by atoms with E-state index in [1.807, 2.05) is 11.3 Å². The minimum Gasteiger partial charge on any atom is -0.317 e. The van der Waals surface area contributed by atoms with Crippen LogP contribution in [0, 0.1) is 11.8 Å². The number of nitrogens with zero attached hydrogens (tertiary/aromatic N) is 1. The fourth-order valence-corrected chi connectivity index (χ4v) is 4.74. The molecule has 120 valence electrons. The highest BCUT2D eigenvalue weighted by Gasteiger charge is 2.30. The molecule has 1 aromatic rings. The van der Waals surface area contributed by atoms with E-state index in [0.29, 0.717) is 12.1 Å². The lowest BCUT2D eigenvalue weighted by Gasteiger charge is -2.39. The van der Waals surface area contributed by atoms with Gasteiger partial charge < -0.3 is 5.32 Å². The van der Waals surface area contributed by atoms with Gasteiger partial charge in [0.1, 0.15) is 0 Å². The second-order valence-corrected chi connectivity index (χ2v) is 7.73. The summed E-state index contributed by atoms with van der Waals surface area (Å²) in [6.07, 6.45) is 6.92. The first-order valence-corrected chi connectivity index (χ1v) is 9.44. The van der Waals surface area contributed by atoms with Gasteiger partial charge in [0.25, 0.3) is 0 Å². The maximum absolute atomic E-state index is 3.57. The summed E-state index contributed by atoms with van der Waals surface area (Å²) in [5.41, 5.74) is 0. The SMILES string of the molecule is CCCC1CCC(NC)C(CN(C)C(C)c2cccs2)C1. The first-order chi connectivity index (χ1) is 10.2. The zero-order valence-corrected chi connectivity index (χ0v) is 15.0. The normalized spacial score (nSPS) is 28.0. The fraction of sp³-hybridized carbons (Fsp3) is 0.778. The van der Waals surface area contributed by atoms with E-state index < -0.39 is 0 Å². The number of nitrogens with one attached hydrogen (secondary N) is 1. The Kier molecular flexibility index (Phi) is 6.72. The summed E-state index contributed by atoms with van der Waals surface area (Å²) < 4.78 is 0. The van der Waals surface area contributed by atoms with Crippen molar-refractivity contribution in [2.24, 2.45) is 11.8 Å². The highest BCUT2D eigenvalue weighted by Crippen LogP contribution is 2.34. The molecule has 3 heteroatoms. The summed E-state index contributed by atoms with van der Waals surface area (Å²) in [5.74, 6) is 1.75. The third kappa shape index (κ3) is 4.54. The molecule has 0 radical (unpaired) electrons. The summed E-state index contributed by atoms with van der Waals surface area (Å²) >= 11 is 1.88. The van der Waals surface area contributed by atoms with Crippen molar-refractivity contribution in [3.8, 4) is 0 Å². The zero-order chi connectivity index (χ0) is 15.2. The molecule has 4 unspecified atom stereocenters. The number of hydrogen-bond acceptors (Lipinski definition) is 3. The van der Waals surface area contributed by atoms with Gasteiger partial charge in [0, 0.05) is 23.5 Å². The molecule has 1 aliphatic carbocycles. The second kappa shape index (κ2) is 8.30. The summed E-state index contributed by atoms with van der Waals surface area (Å²) in [6.45, 7) is 5.88. The van der Waals surface area contributed by atoms with Crippen LogP contribution in [0.2, 0.25) is 0 Å². The molecule has 4 atom stereocenters. The highest BCUT2D eigenvalue weighted by molar-refractivity contribution is 7.10. The van der Waals surface area contributed by atoms with Gasteiger partial charge in [-0.05, 0) is 63.6 Å². The molecular formula is C18H32N2S. The maximum atomic E-state index is 3.57. The molecule has 1 heterocycles. The van der Waals surface area contributed by atoms with E-state index in [9.17, 15) is 0 Å². The Hall–Kier alpha value is -0.380. The zero-order valence-electron chi connectivity index (χ0n) is 14.1. The van der Waals surface area contributed by atoms with Gasteiger partial charge >= 0.3 is 0 Å².